The molecule has 0 aliphatic rings. The maximum absolute atomic E-state index is 11.3. The van der Waals surface area contributed by atoms with Crippen LogP contribution in [0.4, 0.5) is 5.69 Å². The lowest BCUT2D eigenvalue weighted by Gasteiger charge is -2.06. The number of amides is 1. The zero-order valence-corrected chi connectivity index (χ0v) is 11.3. The van der Waals surface area contributed by atoms with Gasteiger partial charge < -0.3 is 10.3 Å². The molecule has 20 heavy (non-hydrogen) atoms. The van der Waals surface area contributed by atoms with Gasteiger partial charge in [-0.15, -0.1) is 0 Å². The SMILES string of the molecule is CCC(=O)Nc1ccc(-c2ccc3[nH]ccc3c2)cc1. The number of anilines is 1. The van der Waals surface area contributed by atoms with Gasteiger partial charge in [-0.3, -0.25) is 4.79 Å². The zero-order chi connectivity index (χ0) is 13.9. The molecule has 0 aliphatic heterocycles. The fourth-order valence-electron chi connectivity index (χ4n) is 2.23. The summed E-state index contributed by atoms with van der Waals surface area (Å²) in [5.41, 5.74) is 4.29. The number of carbonyl (C=O) groups is 1. The fraction of sp³-hybridized carbons (Fsp3) is 0.118. The van der Waals surface area contributed by atoms with E-state index in [1.54, 1.807) is 0 Å². The minimum absolute atomic E-state index is 0.0338. The molecule has 0 unspecified atom stereocenters. The second-order valence-electron chi connectivity index (χ2n) is 4.76. The van der Waals surface area contributed by atoms with Gasteiger partial charge in [0, 0.05) is 23.8 Å². The van der Waals surface area contributed by atoms with Crippen LogP contribution in [0.3, 0.4) is 0 Å². The molecule has 2 N–H and O–H groups in total. The zero-order valence-electron chi connectivity index (χ0n) is 11.3. The number of aromatic nitrogens is 1. The van der Waals surface area contributed by atoms with Crippen molar-refractivity contribution in [2.75, 3.05) is 5.32 Å². The van der Waals surface area contributed by atoms with Crippen LogP contribution in [0.2, 0.25) is 0 Å². The summed E-state index contributed by atoms with van der Waals surface area (Å²) in [6, 6.07) is 16.3. The topological polar surface area (TPSA) is 44.9 Å². The van der Waals surface area contributed by atoms with Crippen LogP contribution in [0.15, 0.2) is 54.7 Å². The monoisotopic (exact) mass is 264 g/mol. The van der Waals surface area contributed by atoms with E-state index >= 15 is 0 Å². The van der Waals surface area contributed by atoms with Gasteiger partial charge in [-0.1, -0.05) is 25.1 Å². The highest BCUT2D eigenvalue weighted by molar-refractivity contribution is 5.91. The summed E-state index contributed by atoms with van der Waals surface area (Å²) in [5.74, 6) is 0.0338. The van der Waals surface area contributed by atoms with Crippen molar-refractivity contribution in [3.05, 3.63) is 54.7 Å². The maximum atomic E-state index is 11.3. The summed E-state index contributed by atoms with van der Waals surface area (Å²) >= 11 is 0. The van der Waals surface area contributed by atoms with E-state index in [-0.39, 0.29) is 5.91 Å². The molecule has 0 fully saturated rings. The van der Waals surface area contributed by atoms with Crippen molar-refractivity contribution in [3.63, 3.8) is 0 Å². The van der Waals surface area contributed by atoms with Gasteiger partial charge in [-0.2, -0.15) is 0 Å². The average molecular weight is 264 g/mol. The van der Waals surface area contributed by atoms with Gasteiger partial charge in [0.1, 0.15) is 0 Å². The van der Waals surface area contributed by atoms with Crippen LogP contribution >= 0.6 is 0 Å². The van der Waals surface area contributed by atoms with E-state index in [1.165, 1.54) is 10.9 Å². The molecule has 1 heterocycles. The first-order valence-corrected chi connectivity index (χ1v) is 6.73. The molecule has 0 radical (unpaired) electrons. The highest BCUT2D eigenvalue weighted by Gasteiger charge is 2.02. The molecule has 100 valence electrons. The Bertz CT molecular complexity index is 741. The summed E-state index contributed by atoms with van der Waals surface area (Å²) in [6.07, 6.45) is 2.43. The van der Waals surface area contributed by atoms with Crippen molar-refractivity contribution < 1.29 is 4.79 Å². The van der Waals surface area contributed by atoms with Crippen LogP contribution < -0.4 is 5.32 Å². The molecule has 3 nitrogen and oxygen atoms in total. The largest absolute Gasteiger partial charge is 0.361 e. The van der Waals surface area contributed by atoms with E-state index < -0.39 is 0 Å². The molecule has 1 aromatic heterocycles. The lowest BCUT2D eigenvalue weighted by Crippen LogP contribution is -2.08. The Morgan fingerprint density at radius 1 is 1.05 bits per heavy atom. The van der Waals surface area contributed by atoms with Crippen LogP contribution in [0.5, 0.6) is 0 Å². The van der Waals surface area contributed by atoms with E-state index in [0.29, 0.717) is 6.42 Å². The number of fused-ring (bicyclic) bond motifs is 1. The number of H-pyrrole nitrogens is 1. The molecule has 3 heteroatoms. The Morgan fingerprint density at radius 2 is 1.80 bits per heavy atom. The molecule has 3 rings (SSSR count). The number of benzene rings is 2. The normalized spacial score (nSPS) is 10.7. The molecular formula is C17H16N2O. The maximum Gasteiger partial charge on any atom is 0.224 e. The molecule has 3 aromatic rings. The van der Waals surface area contributed by atoms with Crippen LogP contribution in [0, 0.1) is 0 Å². The number of hydrogen-bond acceptors (Lipinski definition) is 1. The van der Waals surface area contributed by atoms with Crippen molar-refractivity contribution >= 4 is 22.5 Å². The lowest BCUT2D eigenvalue weighted by atomic mass is 10.0. The Kier molecular flexibility index (Phi) is 3.25. The molecule has 2 aromatic carbocycles. The van der Waals surface area contributed by atoms with E-state index in [0.717, 1.165) is 16.8 Å². The molecule has 0 spiro atoms. The minimum Gasteiger partial charge on any atom is -0.361 e. The van der Waals surface area contributed by atoms with Crippen molar-refractivity contribution in [1.82, 2.24) is 4.98 Å². The fourth-order valence-corrected chi connectivity index (χ4v) is 2.23. The van der Waals surface area contributed by atoms with E-state index in [4.69, 9.17) is 0 Å². The van der Waals surface area contributed by atoms with Gasteiger partial charge in [0.25, 0.3) is 0 Å². The number of rotatable bonds is 3. The summed E-state index contributed by atoms with van der Waals surface area (Å²) in [4.78, 5) is 14.5. The first-order chi connectivity index (χ1) is 9.76. The predicted octanol–water partition coefficient (Wildman–Crippen LogP) is 4.18. The predicted molar refractivity (Wildman–Crippen MR) is 82.7 cm³/mol. The Balaban J connectivity index is 1.88. The number of hydrogen-bond donors (Lipinski definition) is 2. The van der Waals surface area contributed by atoms with Crippen LogP contribution in [0.1, 0.15) is 13.3 Å². The third kappa shape index (κ3) is 2.43. The third-order valence-electron chi connectivity index (χ3n) is 3.38. The number of nitrogens with one attached hydrogen (secondary N) is 2. The van der Waals surface area contributed by atoms with Crippen LogP contribution in [0.25, 0.3) is 22.0 Å². The number of aromatic amines is 1. The Labute approximate surface area is 117 Å². The average Bonchev–Trinajstić information content (AvgIpc) is 2.95. The second kappa shape index (κ2) is 5.21. The van der Waals surface area contributed by atoms with Gasteiger partial charge in [0.15, 0.2) is 0 Å². The van der Waals surface area contributed by atoms with Crippen molar-refractivity contribution in [2.45, 2.75) is 13.3 Å². The van der Waals surface area contributed by atoms with Crippen molar-refractivity contribution in [2.24, 2.45) is 0 Å². The van der Waals surface area contributed by atoms with Crippen LogP contribution in [-0.2, 0) is 4.79 Å². The lowest BCUT2D eigenvalue weighted by molar-refractivity contribution is -0.115. The molecule has 0 saturated heterocycles. The van der Waals surface area contributed by atoms with Crippen LogP contribution in [-0.4, -0.2) is 10.9 Å². The quantitative estimate of drug-likeness (QED) is 0.732. The molecule has 1 amide bonds. The van der Waals surface area contributed by atoms with Gasteiger partial charge in [0.2, 0.25) is 5.91 Å². The molecule has 0 saturated carbocycles. The molecule has 0 atom stereocenters. The van der Waals surface area contributed by atoms with Crippen molar-refractivity contribution in [1.29, 1.82) is 0 Å². The number of carbonyl (C=O) groups excluding carboxylic acids is 1. The summed E-state index contributed by atoms with van der Waals surface area (Å²) in [5, 5.41) is 4.05. The first kappa shape index (κ1) is 12.5. The standard InChI is InChI=1S/C17H16N2O/c1-2-17(20)19-15-6-3-12(4-7-15)13-5-8-16-14(11-13)9-10-18-16/h3-11,18H,2H2,1H3,(H,19,20). The van der Waals surface area contributed by atoms with E-state index in [1.807, 2.05) is 37.4 Å². The van der Waals surface area contributed by atoms with Gasteiger partial charge in [-0.05, 0) is 46.8 Å². The first-order valence-electron chi connectivity index (χ1n) is 6.73. The molecular weight excluding hydrogens is 248 g/mol. The summed E-state index contributed by atoms with van der Waals surface area (Å²) < 4.78 is 0. The van der Waals surface area contributed by atoms with Crippen molar-refractivity contribution in [3.8, 4) is 11.1 Å². The molecule has 0 bridgehead atoms. The Hall–Kier alpha value is -2.55. The summed E-state index contributed by atoms with van der Waals surface area (Å²) in [7, 11) is 0. The second-order valence-corrected chi connectivity index (χ2v) is 4.76. The van der Waals surface area contributed by atoms with Gasteiger partial charge >= 0.3 is 0 Å². The smallest absolute Gasteiger partial charge is 0.224 e. The van der Waals surface area contributed by atoms with Gasteiger partial charge in [-0.25, -0.2) is 0 Å². The highest BCUT2D eigenvalue weighted by atomic mass is 16.1. The highest BCUT2D eigenvalue weighted by Crippen LogP contribution is 2.25. The Morgan fingerprint density at radius 3 is 2.55 bits per heavy atom. The van der Waals surface area contributed by atoms with E-state index in [9.17, 15) is 4.79 Å². The van der Waals surface area contributed by atoms with Gasteiger partial charge in [0.05, 0.1) is 0 Å². The molecule has 0 aliphatic carbocycles. The minimum atomic E-state index is 0.0338. The third-order valence-corrected chi connectivity index (χ3v) is 3.38. The van der Waals surface area contributed by atoms with E-state index in [2.05, 4.69) is 34.6 Å². The summed E-state index contributed by atoms with van der Waals surface area (Å²) in [6.45, 7) is 1.84.